The molecule has 0 atom stereocenters. The second-order valence-corrected chi connectivity index (χ2v) is 4.24. The summed E-state index contributed by atoms with van der Waals surface area (Å²) < 4.78 is 5.32. The third kappa shape index (κ3) is 2.02. The Morgan fingerprint density at radius 3 is 3.00 bits per heavy atom. The van der Waals surface area contributed by atoms with Crippen molar-refractivity contribution in [2.75, 3.05) is 6.61 Å². The first kappa shape index (κ1) is 11.0. The van der Waals surface area contributed by atoms with Crippen molar-refractivity contribution in [2.24, 2.45) is 0 Å². The van der Waals surface area contributed by atoms with Crippen LogP contribution in [0.25, 0.3) is 22.6 Å². The Morgan fingerprint density at radius 1 is 1.28 bits per heavy atom. The molecule has 0 saturated heterocycles. The van der Waals surface area contributed by atoms with Crippen molar-refractivity contribution in [2.45, 2.75) is 12.8 Å². The van der Waals surface area contributed by atoms with Crippen LogP contribution in [0.1, 0.15) is 12.0 Å². The van der Waals surface area contributed by atoms with E-state index in [9.17, 15) is 0 Å². The number of aliphatic hydroxyl groups excluding tert-OH is 1. The van der Waals surface area contributed by atoms with Crippen LogP contribution in [0.3, 0.4) is 0 Å². The lowest BCUT2D eigenvalue weighted by atomic mass is 10.1. The van der Waals surface area contributed by atoms with Crippen LogP contribution in [0, 0.1) is 0 Å². The van der Waals surface area contributed by atoms with Crippen LogP contribution in [-0.4, -0.2) is 21.7 Å². The number of nitrogens with one attached hydrogen (secondary N) is 1. The molecule has 2 heterocycles. The highest BCUT2D eigenvalue weighted by Gasteiger charge is 2.07. The van der Waals surface area contributed by atoms with Gasteiger partial charge in [0.15, 0.2) is 11.6 Å². The number of furan rings is 1. The normalized spacial score (nSPS) is 11.2. The van der Waals surface area contributed by atoms with E-state index in [0.717, 1.165) is 35.5 Å². The number of aliphatic hydroxyl groups is 1. The van der Waals surface area contributed by atoms with Crippen LogP contribution < -0.4 is 0 Å². The predicted octanol–water partition coefficient (Wildman–Crippen LogP) is 2.75. The van der Waals surface area contributed by atoms with E-state index in [1.807, 2.05) is 24.3 Å². The minimum Gasteiger partial charge on any atom is -0.461 e. The van der Waals surface area contributed by atoms with Crippen molar-refractivity contribution < 1.29 is 9.52 Å². The molecule has 2 N–H and O–H groups in total. The number of aryl methyl sites for hydroxylation is 1. The van der Waals surface area contributed by atoms with Crippen LogP contribution in [0.5, 0.6) is 0 Å². The van der Waals surface area contributed by atoms with Crippen molar-refractivity contribution in [1.82, 2.24) is 9.97 Å². The monoisotopic (exact) mass is 242 g/mol. The van der Waals surface area contributed by atoms with E-state index in [1.54, 1.807) is 6.26 Å². The molecule has 0 fully saturated rings. The Kier molecular flexibility index (Phi) is 2.86. The molecule has 0 aliphatic carbocycles. The Morgan fingerprint density at radius 2 is 2.22 bits per heavy atom. The molecule has 0 aliphatic rings. The van der Waals surface area contributed by atoms with E-state index >= 15 is 0 Å². The fraction of sp³-hybridized carbons (Fsp3) is 0.214. The van der Waals surface area contributed by atoms with Gasteiger partial charge in [0.05, 0.1) is 17.3 Å². The summed E-state index contributed by atoms with van der Waals surface area (Å²) in [5, 5.41) is 8.84. The SMILES string of the molecule is OCCCc1ccc2nc(-c3ccco3)[nH]c2c1. The van der Waals surface area contributed by atoms with Gasteiger partial charge in [0.2, 0.25) is 0 Å². The average molecular weight is 242 g/mol. The van der Waals surface area contributed by atoms with Gasteiger partial charge in [-0.2, -0.15) is 0 Å². The molecule has 0 bridgehead atoms. The molecule has 4 nitrogen and oxygen atoms in total. The summed E-state index contributed by atoms with van der Waals surface area (Å²) in [5.74, 6) is 1.48. The maximum atomic E-state index is 8.84. The molecule has 0 spiro atoms. The predicted molar refractivity (Wildman–Crippen MR) is 69.2 cm³/mol. The zero-order valence-electron chi connectivity index (χ0n) is 9.89. The fourth-order valence-electron chi connectivity index (χ4n) is 2.03. The minimum absolute atomic E-state index is 0.221. The van der Waals surface area contributed by atoms with Crippen LogP contribution in [0.15, 0.2) is 41.0 Å². The van der Waals surface area contributed by atoms with Gasteiger partial charge < -0.3 is 14.5 Å². The third-order valence-electron chi connectivity index (χ3n) is 2.92. The van der Waals surface area contributed by atoms with Crippen molar-refractivity contribution in [3.63, 3.8) is 0 Å². The molecule has 0 unspecified atom stereocenters. The van der Waals surface area contributed by atoms with E-state index in [2.05, 4.69) is 16.0 Å². The molecule has 1 aromatic carbocycles. The standard InChI is InChI=1S/C14H14N2O2/c17-7-1-3-10-5-6-11-12(9-10)16-14(15-11)13-4-2-8-18-13/h2,4-6,8-9,17H,1,3,7H2,(H,15,16). The number of hydrogen-bond donors (Lipinski definition) is 2. The summed E-state index contributed by atoms with van der Waals surface area (Å²) in [6.45, 7) is 0.221. The summed E-state index contributed by atoms with van der Waals surface area (Å²) >= 11 is 0. The maximum absolute atomic E-state index is 8.84. The molecule has 0 radical (unpaired) electrons. The lowest BCUT2D eigenvalue weighted by Gasteiger charge is -1.98. The Hall–Kier alpha value is -2.07. The number of hydrogen-bond acceptors (Lipinski definition) is 3. The largest absolute Gasteiger partial charge is 0.461 e. The molecule has 92 valence electrons. The van der Waals surface area contributed by atoms with Gasteiger partial charge in [-0.15, -0.1) is 0 Å². The van der Waals surface area contributed by atoms with Gasteiger partial charge >= 0.3 is 0 Å². The first-order valence-electron chi connectivity index (χ1n) is 6.00. The lowest BCUT2D eigenvalue weighted by Crippen LogP contribution is -1.88. The second kappa shape index (κ2) is 4.66. The van der Waals surface area contributed by atoms with Gasteiger partial charge in [0, 0.05) is 6.61 Å². The summed E-state index contributed by atoms with van der Waals surface area (Å²) in [6, 6.07) is 9.83. The maximum Gasteiger partial charge on any atom is 0.174 e. The van der Waals surface area contributed by atoms with Gasteiger partial charge in [-0.05, 0) is 42.7 Å². The van der Waals surface area contributed by atoms with E-state index < -0.39 is 0 Å². The summed E-state index contributed by atoms with van der Waals surface area (Å²) in [5.41, 5.74) is 3.12. The van der Waals surface area contributed by atoms with Crippen LogP contribution in [0.4, 0.5) is 0 Å². The van der Waals surface area contributed by atoms with Crippen molar-refractivity contribution in [3.8, 4) is 11.6 Å². The Balaban J connectivity index is 1.97. The van der Waals surface area contributed by atoms with Crippen molar-refractivity contribution >= 4 is 11.0 Å². The summed E-state index contributed by atoms with van der Waals surface area (Å²) in [6.07, 6.45) is 3.29. The summed E-state index contributed by atoms with van der Waals surface area (Å²) in [7, 11) is 0. The molecule has 18 heavy (non-hydrogen) atoms. The molecule has 0 aliphatic heterocycles. The number of rotatable bonds is 4. The smallest absolute Gasteiger partial charge is 0.174 e. The number of benzene rings is 1. The van der Waals surface area contributed by atoms with E-state index in [4.69, 9.17) is 9.52 Å². The first-order valence-corrected chi connectivity index (χ1v) is 6.00. The molecule has 3 aromatic rings. The van der Waals surface area contributed by atoms with Crippen molar-refractivity contribution in [1.29, 1.82) is 0 Å². The van der Waals surface area contributed by atoms with Gasteiger partial charge in [-0.1, -0.05) is 6.07 Å². The molecule has 3 rings (SSSR count). The van der Waals surface area contributed by atoms with Gasteiger partial charge in [-0.25, -0.2) is 4.98 Å². The highest BCUT2D eigenvalue weighted by molar-refractivity contribution is 5.79. The van der Waals surface area contributed by atoms with Crippen LogP contribution in [-0.2, 0) is 6.42 Å². The quantitative estimate of drug-likeness (QED) is 0.739. The average Bonchev–Trinajstić information content (AvgIpc) is 3.03. The molecule has 0 amide bonds. The molecule has 2 aromatic heterocycles. The van der Waals surface area contributed by atoms with Crippen LogP contribution >= 0.6 is 0 Å². The lowest BCUT2D eigenvalue weighted by molar-refractivity contribution is 0.288. The van der Waals surface area contributed by atoms with Crippen LogP contribution in [0.2, 0.25) is 0 Å². The molecule has 4 heteroatoms. The molecule has 0 saturated carbocycles. The third-order valence-corrected chi connectivity index (χ3v) is 2.92. The Labute approximate surface area is 104 Å². The zero-order chi connectivity index (χ0) is 12.4. The number of H-pyrrole nitrogens is 1. The fourth-order valence-corrected chi connectivity index (χ4v) is 2.03. The van der Waals surface area contributed by atoms with Gasteiger partial charge in [0.1, 0.15) is 0 Å². The number of aromatic amines is 1. The minimum atomic E-state index is 0.221. The van der Waals surface area contributed by atoms with E-state index in [0.29, 0.717) is 0 Å². The number of fused-ring (bicyclic) bond motifs is 1. The molecular formula is C14H14N2O2. The Bertz CT molecular complexity index is 641. The number of nitrogens with zero attached hydrogens (tertiary/aromatic N) is 1. The zero-order valence-corrected chi connectivity index (χ0v) is 9.89. The first-order chi connectivity index (χ1) is 8.86. The second-order valence-electron chi connectivity index (χ2n) is 4.24. The highest BCUT2D eigenvalue weighted by atomic mass is 16.3. The topological polar surface area (TPSA) is 62.1 Å². The molecular weight excluding hydrogens is 228 g/mol. The number of aromatic nitrogens is 2. The van der Waals surface area contributed by atoms with E-state index in [1.165, 1.54) is 5.56 Å². The van der Waals surface area contributed by atoms with Gasteiger partial charge in [0.25, 0.3) is 0 Å². The van der Waals surface area contributed by atoms with Crippen molar-refractivity contribution in [3.05, 3.63) is 42.2 Å². The van der Waals surface area contributed by atoms with E-state index in [-0.39, 0.29) is 6.61 Å². The highest BCUT2D eigenvalue weighted by Crippen LogP contribution is 2.21. The summed E-state index contributed by atoms with van der Waals surface area (Å²) in [4.78, 5) is 7.73. The van der Waals surface area contributed by atoms with Gasteiger partial charge in [-0.3, -0.25) is 0 Å². The number of imidazole rings is 1.